The van der Waals surface area contributed by atoms with Gasteiger partial charge in [0.25, 0.3) is 10.0 Å². The van der Waals surface area contributed by atoms with Crippen LogP contribution in [0.3, 0.4) is 0 Å². The molecule has 0 fully saturated rings. The maximum absolute atomic E-state index is 13.5. The Labute approximate surface area is 175 Å². The lowest BCUT2D eigenvalue weighted by Gasteiger charge is -2.30. The van der Waals surface area contributed by atoms with Gasteiger partial charge < -0.3 is 0 Å². The topological polar surface area (TPSA) is 49.7 Å². The second kappa shape index (κ2) is 7.01. The number of nitrogens with zero attached hydrogens (tertiary/aromatic N) is 2. The highest BCUT2D eigenvalue weighted by molar-refractivity contribution is 7.89. The monoisotopic (exact) mass is 422 g/mol. The molecule has 0 spiro atoms. The first kappa shape index (κ1) is 18.4. The Morgan fingerprint density at radius 1 is 0.897 bits per heavy atom. The van der Waals surface area contributed by atoms with Gasteiger partial charge in [0, 0.05) is 16.5 Å². The molecular weight excluding hydrogens is 404 g/mol. The fourth-order valence-electron chi connectivity index (χ4n) is 4.32. The molecule has 146 valence electrons. The quantitative estimate of drug-likeness (QED) is 0.592. The van der Waals surface area contributed by atoms with Gasteiger partial charge >= 0.3 is 0 Å². The summed E-state index contributed by atoms with van der Waals surface area (Å²) in [5.74, 6) is 0.00422. The van der Waals surface area contributed by atoms with E-state index in [1.54, 1.807) is 36.4 Å². The molecule has 2 atom stereocenters. The Bertz CT molecular complexity index is 1190. The van der Waals surface area contributed by atoms with Crippen LogP contribution in [0.1, 0.15) is 29.2 Å². The fraction of sp³-hybridized carbons (Fsp3) is 0.174. The van der Waals surface area contributed by atoms with Gasteiger partial charge in [0.15, 0.2) is 0 Å². The minimum Gasteiger partial charge on any atom is -0.200 e. The predicted octanol–water partition coefficient (Wildman–Crippen LogP) is 5.05. The summed E-state index contributed by atoms with van der Waals surface area (Å²) in [6.07, 6.45) is 1.76. The minimum absolute atomic E-state index is 0.00422. The van der Waals surface area contributed by atoms with Gasteiger partial charge in [-0.25, -0.2) is 0 Å². The molecule has 1 aliphatic heterocycles. The standard InChI is InChI=1S/C23H19ClN2O2S/c24-18-13-10-17(11-14-18)23-21-15-12-16-6-4-5-9-20(16)22(21)25-26(23)29(27,28)19-7-2-1-3-8-19/h1-11,13-14,21,23H,12,15H2. The lowest BCUT2D eigenvalue weighted by molar-refractivity contribution is 0.314. The summed E-state index contributed by atoms with van der Waals surface area (Å²) >= 11 is 6.08. The SMILES string of the molecule is O=S(=O)(c1ccccc1)N1N=C2c3ccccc3CCC2C1c1ccc(Cl)cc1. The van der Waals surface area contributed by atoms with E-state index in [2.05, 4.69) is 6.07 Å². The van der Waals surface area contributed by atoms with Crippen LogP contribution in [-0.2, 0) is 16.4 Å². The van der Waals surface area contributed by atoms with Gasteiger partial charge in [0.05, 0.1) is 16.6 Å². The number of sulfonamides is 1. The van der Waals surface area contributed by atoms with Crippen LogP contribution in [0.15, 0.2) is 88.9 Å². The second-order valence-electron chi connectivity index (χ2n) is 7.37. The lowest BCUT2D eigenvalue weighted by Crippen LogP contribution is -2.32. The number of fused-ring (bicyclic) bond motifs is 3. The number of aryl methyl sites for hydroxylation is 1. The number of halogens is 1. The van der Waals surface area contributed by atoms with Crippen LogP contribution >= 0.6 is 11.6 Å². The molecule has 3 aromatic rings. The van der Waals surface area contributed by atoms with Crippen molar-refractivity contribution >= 4 is 27.3 Å². The van der Waals surface area contributed by atoms with Gasteiger partial charge in [-0.1, -0.05) is 66.2 Å². The molecule has 2 unspecified atom stereocenters. The maximum atomic E-state index is 13.5. The molecule has 0 amide bonds. The fourth-order valence-corrected chi connectivity index (χ4v) is 5.92. The molecule has 0 saturated carbocycles. The lowest BCUT2D eigenvalue weighted by atomic mass is 9.77. The summed E-state index contributed by atoms with van der Waals surface area (Å²) in [6, 6.07) is 23.7. The van der Waals surface area contributed by atoms with E-state index in [-0.39, 0.29) is 16.9 Å². The molecule has 0 saturated heterocycles. The van der Waals surface area contributed by atoms with Crippen molar-refractivity contribution < 1.29 is 8.42 Å². The molecule has 0 aromatic heterocycles. The molecule has 5 rings (SSSR count). The van der Waals surface area contributed by atoms with Gasteiger partial charge in [0.1, 0.15) is 0 Å². The highest BCUT2D eigenvalue weighted by Gasteiger charge is 2.46. The van der Waals surface area contributed by atoms with Crippen molar-refractivity contribution in [2.75, 3.05) is 0 Å². The van der Waals surface area contributed by atoms with E-state index in [1.165, 1.54) is 9.98 Å². The molecule has 2 aliphatic rings. The Balaban J connectivity index is 1.68. The van der Waals surface area contributed by atoms with Crippen molar-refractivity contribution in [3.8, 4) is 0 Å². The highest BCUT2D eigenvalue weighted by Crippen LogP contribution is 2.45. The molecule has 1 heterocycles. The van der Waals surface area contributed by atoms with E-state index in [0.717, 1.165) is 29.7 Å². The molecule has 3 aromatic carbocycles. The van der Waals surface area contributed by atoms with Crippen LogP contribution < -0.4 is 0 Å². The van der Waals surface area contributed by atoms with Crippen molar-refractivity contribution in [1.29, 1.82) is 0 Å². The van der Waals surface area contributed by atoms with Gasteiger partial charge in [0.2, 0.25) is 0 Å². The van der Waals surface area contributed by atoms with Crippen LogP contribution in [0.2, 0.25) is 5.02 Å². The average molecular weight is 423 g/mol. The molecule has 0 bridgehead atoms. The van der Waals surface area contributed by atoms with Gasteiger partial charge in [-0.2, -0.15) is 17.9 Å². The van der Waals surface area contributed by atoms with E-state index >= 15 is 0 Å². The molecule has 1 aliphatic carbocycles. The number of hydrazone groups is 1. The third kappa shape index (κ3) is 3.05. The Morgan fingerprint density at radius 3 is 2.34 bits per heavy atom. The first-order valence-electron chi connectivity index (χ1n) is 9.57. The molecule has 6 heteroatoms. The van der Waals surface area contributed by atoms with E-state index in [9.17, 15) is 8.42 Å². The normalized spacial score (nSPS) is 20.7. The van der Waals surface area contributed by atoms with E-state index in [4.69, 9.17) is 16.7 Å². The van der Waals surface area contributed by atoms with Gasteiger partial charge in [-0.3, -0.25) is 0 Å². The summed E-state index contributed by atoms with van der Waals surface area (Å²) in [6.45, 7) is 0. The summed E-state index contributed by atoms with van der Waals surface area (Å²) in [4.78, 5) is 0.246. The van der Waals surface area contributed by atoms with Crippen molar-refractivity contribution in [2.45, 2.75) is 23.8 Å². The third-order valence-electron chi connectivity index (χ3n) is 5.69. The van der Waals surface area contributed by atoms with Crippen LogP contribution in [0, 0.1) is 5.92 Å². The Kier molecular flexibility index (Phi) is 4.45. The second-order valence-corrected chi connectivity index (χ2v) is 9.61. The van der Waals surface area contributed by atoms with Crippen LogP contribution in [-0.4, -0.2) is 18.5 Å². The largest absolute Gasteiger partial charge is 0.279 e. The first-order chi connectivity index (χ1) is 14.1. The van der Waals surface area contributed by atoms with Crippen LogP contribution in [0.4, 0.5) is 0 Å². The van der Waals surface area contributed by atoms with Crippen LogP contribution in [0.25, 0.3) is 0 Å². The minimum atomic E-state index is -3.79. The zero-order valence-electron chi connectivity index (χ0n) is 15.6. The maximum Gasteiger partial charge on any atom is 0.279 e. The van der Waals surface area contributed by atoms with Gasteiger partial charge in [-0.15, -0.1) is 0 Å². The summed E-state index contributed by atoms with van der Waals surface area (Å²) in [5, 5.41) is 5.33. The summed E-state index contributed by atoms with van der Waals surface area (Å²) < 4.78 is 28.4. The molecule has 29 heavy (non-hydrogen) atoms. The Hall–Kier alpha value is -2.63. The summed E-state index contributed by atoms with van der Waals surface area (Å²) in [5.41, 5.74) is 4.02. The number of hydrogen-bond donors (Lipinski definition) is 0. The average Bonchev–Trinajstić information content (AvgIpc) is 3.16. The molecule has 0 N–H and O–H groups in total. The number of benzene rings is 3. The predicted molar refractivity (Wildman–Crippen MR) is 114 cm³/mol. The van der Waals surface area contributed by atoms with E-state index in [1.807, 2.05) is 36.4 Å². The first-order valence-corrected chi connectivity index (χ1v) is 11.4. The zero-order chi connectivity index (χ0) is 20.0. The molecule has 4 nitrogen and oxygen atoms in total. The van der Waals surface area contributed by atoms with E-state index < -0.39 is 10.0 Å². The highest BCUT2D eigenvalue weighted by atomic mass is 35.5. The molecule has 0 radical (unpaired) electrons. The van der Waals surface area contributed by atoms with Crippen LogP contribution in [0.5, 0.6) is 0 Å². The van der Waals surface area contributed by atoms with Crippen molar-refractivity contribution in [2.24, 2.45) is 11.0 Å². The van der Waals surface area contributed by atoms with Crippen molar-refractivity contribution in [3.63, 3.8) is 0 Å². The zero-order valence-corrected chi connectivity index (χ0v) is 17.1. The number of hydrogen-bond acceptors (Lipinski definition) is 3. The van der Waals surface area contributed by atoms with Gasteiger partial charge in [-0.05, 0) is 48.2 Å². The number of rotatable bonds is 3. The van der Waals surface area contributed by atoms with E-state index in [0.29, 0.717) is 5.02 Å². The molecular formula is C23H19ClN2O2S. The third-order valence-corrected chi connectivity index (χ3v) is 7.61. The Morgan fingerprint density at radius 2 is 1.59 bits per heavy atom. The van der Waals surface area contributed by atoms with Crippen molar-refractivity contribution in [1.82, 2.24) is 4.41 Å². The van der Waals surface area contributed by atoms with Crippen molar-refractivity contribution in [3.05, 3.63) is 101 Å². The smallest absolute Gasteiger partial charge is 0.200 e. The summed E-state index contributed by atoms with van der Waals surface area (Å²) in [7, 11) is -3.79.